The lowest BCUT2D eigenvalue weighted by atomic mass is 10.1. The van der Waals surface area contributed by atoms with E-state index in [1.165, 1.54) is 5.56 Å². The lowest BCUT2D eigenvalue weighted by Crippen LogP contribution is -2.34. The first-order valence-corrected chi connectivity index (χ1v) is 9.89. The maximum absolute atomic E-state index is 12.4. The Balaban J connectivity index is 1.50. The van der Waals surface area contributed by atoms with Crippen LogP contribution in [0.5, 0.6) is 5.75 Å². The van der Waals surface area contributed by atoms with Crippen molar-refractivity contribution in [2.75, 3.05) is 33.9 Å². The molecular formula is C20H26N2O3S. The summed E-state index contributed by atoms with van der Waals surface area (Å²) in [6.45, 7) is 1.96. The molecule has 2 aromatic rings. The van der Waals surface area contributed by atoms with Crippen molar-refractivity contribution in [2.24, 2.45) is 0 Å². The van der Waals surface area contributed by atoms with Crippen LogP contribution in [0.25, 0.3) is 0 Å². The Morgan fingerprint density at radius 1 is 1.35 bits per heavy atom. The van der Waals surface area contributed by atoms with Gasteiger partial charge in [-0.3, -0.25) is 4.79 Å². The van der Waals surface area contributed by atoms with Crippen molar-refractivity contribution in [3.8, 4) is 5.75 Å². The quantitative estimate of drug-likeness (QED) is 0.770. The van der Waals surface area contributed by atoms with Gasteiger partial charge in [0.2, 0.25) is 0 Å². The van der Waals surface area contributed by atoms with Gasteiger partial charge in [-0.15, -0.1) is 0 Å². The number of carbonyl (C=O) groups excluding carboxylic acids is 1. The first kappa shape index (κ1) is 18.9. The number of thiophene rings is 1. The molecule has 0 spiro atoms. The predicted molar refractivity (Wildman–Crippen MR) is 104 cm³/mol. The smallest absolute Gasteiger partial charge is 0.251 e. The number of nitrogens with one attached hydrogen (secondary N) is 1. The number of carbonyl (C=O) groups is 1. The zero-order valence-corrected chi connectivity index (χ0v) is 16.1. The van der Waals surface area contributed by atoms with Crippen molar-refractivity contribution >= 4 is 17.2 Å². The summed E-state index contributed by atoms with van der Waals surface area (Å²) >= 11 is 1.67. The molecule has 0 aliphatic carbocycles. The maximum Gasteiger partial charge on any atom is 0.251 e. The monoisotopic (exact) mass is 374 g/mol. The summed E-state index contributed by atoms with van der Waals surface area (Å²) in [5.41, 5.74) is 1.86. The number of hydrogen-bond acceptors (Lipinski definition) is 5. The van der Waals surface area contributed by atoms with Crippen LogP contribution in [0.2, 0.25) is 0 Å². The minimum atomic E-state index is -0.0715. The van der Waals surface area contributed by atoms with Crippen LogP contribution in [0.3, 0.4) is 0 Å². The minimum absolute atomic E-state index is 0.0715. The fourth-order valence-electron chi connectivity index (χ4n) is 3.02. The van der Waals surface area contributed by atoms with E-state index in [1.807, 2.05) is 26.2 Å². The van der Waals surface area contributed by atoms with Crippen LogP contribution in [0.15, 0.2) is 41.1 Å². The Hall–Kier alpha value is -1.89. The lowest BCUT2D eigenvalue weighted by molar-refractivity contribution is 0.0679. The van der Waals surface area contributed by atoms with Crippen LogP contribution in [0.4, 0.5) is 0 Å². The van der Waals surface area contributed by atoms with Gasteiger partial charge in [0.25, 0.3) is 5.91 Å². The number of benzene rings is 1. The molecule has 6 heteroatoms. The molecule has 1 N–H and O–H groups in total. The van der Waals surface area contributed by atoms with E-state index in [0.717, 1.165) is 25.2 Å². The Labute approximate surface area is 158 Å². The van der Waals surface area contributed by atoms with E-state index in [4.69, 9.17) is 9.47 Å². The van der Waals surface area contributed by atoms with E-state index >= 15 is 0 Å². The van der Waals surface area contributed by atoms with E-state index in [2.05, 4.69) is 27.0 Å². The van der Waals surface area contributed by atoms with Gasteiger partial charge < -0.3 is 19.7 Å². The van der Waals surface area contributed by atoms with Crippen LogP contribution in [-0.4, -0.2) is 50.8 Å². The highest BCUT2D eigenvalue weighted by Crippen LogP contribution is 2.20. The van der Waals surface area contributed by atoms with Gasteiger partial charge in [-0.05, 0) is 73.6 Å². The molecule has 0 bridgehead atoms. The molecule has 1 aromatic carbocycles. The number of nitrogens with zero attached hydrogens (tertiary/aromatic N) is 1. The van der Waals surface area contributed by atoms with E-state index in [0.29, 0.717) is 18.7 Å². The number of amides is 1. The van der Waals surface area contributed by atoms with Gasteiger partial charge in [0.05, 0.1) is 12.1 Å². The number of likely N-dealkylation sites (N-methyl/N-ethyl adjacent to an activating group) is 1. The Morgan fingerprint density at radius 3 is 2.77 bits per heavy atom. The van der Waals surface area contributed by atoms with Crippen molar-refractivity contribution in [1.82, 2.24) is 10.2 Å². The average molecular weight is 375 g/mol. The predicted octanol–water partition coefficient (Wildman–Crippen LogP) is 3.34. The molecule has 3 rings (SSSR count). The molecule has 1 amide bonds. The maximum atomic E-state index is 12.4. The molecule has 2 atom stereocenters. The van der Waals surface area contributed by atoms with Crippen LogP contribution in [-0.2, 0) is 4.74 Å². The van der Waals surface area contributed by atoms with Gasteiger partial charge in [-0.25, -0.2) is 0 Å². The fourth-order valence-corrected chi connectivity index (χ4v) is 3.73. The zero-order valence-electron chi connectivity index (χ0n) is 15.3. The average Bonchev–Trinajstić information content (AvgIpc) is 3.34. The van der Waals surface area contributed by atoms with Crippen LogP contribution < -0.4 is 10.1 Å². The van der Waals surface area contributed by atoms with Gasteiger partial charge in [0.15, 0.2) is 0 Å². The third kappa shape index (κ3) is 5.06. The van der Waals surface area contributed by atoms with E-state index in [-0.39, 0.29) is 18.1 Å². The first-order chi connectivity index (χ1) is 12.6. The minimum Gasteiger partial charge on any atom is -0.491 e. The molecule has 0 radical (unpaired) electrons. The summed E-state index contributed by atoms with van der Waals surface area (Å²) < 4.78 is 11.3. The third-order valence-corrected chi connectivity index (χ3v) is 5.29. The summed E-state index contributed by atoms with van der Waals surface area (Å²) in [5, 5.41) is 7.21. The van der Waals surface area contributed by atoms with Gasteiger partial charge in [-0.2, -0.15) is 11.3 Å². The molecule has 26 heavy (non-hydrogen) atoms. The third-order valence-electron chi connectivity index (χ3n) is 4.58. The van der Waals surface area contributed by atoms with Crippen LogP contribution in [0, 0.1) is 0 Å². The topological polar surface area (TPSA) is 50.8 Å². The molecular weight excluding hydrogens is 348 g/mol. The zero-order chi connectivity index (χ0) is 18.4. The summed E-state index contributed by atoms with van der Waals surface area (Å²) in [7, 11) is 4.05. The second kappa shape index (κ2) is 9.16. The largest absolute Gasteiger partial charge is 0.491 e. The van der Waals surface area contributed by atoms with Crippen LogP contribution in [0.1, 0.15) is 34.8 Å². The Bertz CT molecular complexity index is 680. The van der Waals surface area contributed by atoms with Crippen molar-refractivity contribution in [2.45, 2.75) is 25.0 Å². The fraction of sp³-hybridized carbons (Fsp3) is 0.450. The van der Waals surface area contributed by atoms with Crippen molar-refractivity contribution in [3.05, 3.63) is 52.2 Å². The van der Waals surface area contributed by atoms with Crippen molar-refractivity contribution in [1.29, 1.82) is 0 Å². The summed E-state index contributed by atoms with van der Waals surface area (Å²) in [4.78, 5) is 14.5. The van der Waals surface area contributed by atoms with E-state index in [1.54, 1.807) is 23.5 Å². The molecule has 5 nitrogen and oxygen atoms in total. The summed E-state index contributed by atoms with van der Waals surface area (Å²) in [5.74, 6) is 0.694. The molecule has 140 valence electrons. The van der Waals surface area contributed by atoms with Gasteiger partial charge in [-0.1, -0.05) is 0 Å². The lowest BCUT2D eigenvalue weighted by Gasteiger charge is -2.24. The van der Waals surface area contributed by atoms with Gasteiger partial charge >= 0.3 is 0 Å². The second-order valence-corrected chi connectivity index (χ2v) is 7.50. The Kier molecular flexibility index (Phi) is 6.66. The highest BCUT2D eigenvalue weighted by molar-refractivity contribution is 7.07. The molecule has 2 heterocycles. The van der Waals surface area contributed by atoms with Crippen LogP contribution >= 0.6 is 11.3 Å². The SMILES string of the molecule is CN(C)[C@H](CNC(=O)c1ccc(OC[C@H]2CCCO2)cc1)c1ccsc1. The van der Waals surface area contributed by atoms with E-state index < -0.39 is 0 Å². The highest BCUT2D eigenvalue weighted by Gasteiger charge is 2.17. The van der Waals surface area contributed by atoms with Gasteiger partial charge in [0.1, 0.15) is 12.4 Å². The molecule has 1 aromatic heterocycles. The Morgan fingerprint density at radius 2 is 2.15 bits per heavy atom. The molecule has 1 fully saturated rings. The molecule has 1 aliphatic heterocycles. The summed E-state index contributed by atoms with van der Waals surface area (Å²) in [6, 6.07) is 9.55. The van der Waals surface area contributed by atoms with E-state index in [9.17, 15) is 4.79 Å². The molecule has 0 unspecified atom stereocenters. The first-order valence-electron chi connectivity index (χ1n) is 8.94. The highest BCUT2D eigenvalue weighted by atomic mass is 32.1. The van der Waals surface area contributed by atoms with Crippen molar-refractivity contribution < 1.29 is 14.3 Å². The molecule has 0 saturated carbocycles. The second-order valence-electron chi connectivity index (χ2n) is 6.72. The normalized spacial score (nSPS) is 18.0. The number of hydrogen-bond donors (Lipinski definition) is 1. The summed E-state index contributed by atoms with van der Waals surface area (Å²) in [6.07, 6.45) is 2.35. The number of ether oxygens (including phenoxy) is 2. The molecule has 1 saturated heterocycles. The number of rotatable bonds is 8. The molecule has 1 aliphatic rings. The van der Waals surface area contributed by atoms with Crippen molar-refractivity contribution in [3.63, 3.8) is 0 Å². The standard InChI is InChI=1S/C20H26N2O3S/c1-22(2)19(16-9-11-26-14-16)12-21-20(23)15-5-7-17(8-6-15)25-13-18-4-3-10-24-18/h5-9,11,14,18-19H,3-4,10,12-13H2,1-2H3,(H,21,23)/t18-,19-/m1/s1. The van der Waals surface area contributed by atoms with Gasteiger partial charge in [0, 0.05) is 18.7 Å².